The lowest BCUT2D eigenvalue weighted by atomic mass is 10.1. The topological polar surface area (TPSA) is 102 Å². The number of rotatable bonds is 4. The maximum atomic E-state index is 13.5. The number of benzene rings is 1. The Kier molecular flexibility index (Phi) is 4.68. The Morgan fingerprint density at radius 1 is 1.10 bits per heavy atom. The quantitative estimate of drug-likeness (QED) is 0.261. The third kappa shape index (κ3) is 3.21. The summed E-state index contributed by atoms with van der Waals surface area (Å²) in [6, 6.07) is 9.10. The SMILES string of the molecule is Cc1cccc2nc(CSc3ncc4nc[nH]c4n3)n(-c3cccnc3Cl)c(=O)c12. The smallest absolute Gasteiger partial charge is 0.266 e. The van der Waals surface area contributed by atoms with Crippen molar-refractivity contribution in [3.8, 4) is 5.69 Å². The molecule has 0 atom stereocenters. The van der Waals surface area contributed by atoms with Gasteiger partial charge in [-0.05, 0) is 30.7 Å². The van der Waals surface area contributed by atoms with E-state index in [0.717, 1.165) is 5.56 Å². The molecule has 0 saturated carbocycles. The minimum Gasteiger partial charge on any atom is -0.329 e. The Morgan fingerprint density at radius 2 is 2.00 bits per heavy atom. The average molecular weight is 436 g/mol. The van der Waals surface area contributed by atoms with E-state index in [9.17, 15) is 4.79 Å². The summed E-state index contributed by atoms with van der Waals surface area (Å²) < 4.78 is 1.52. The number of hydrogen-bond donors (Lipinski definition) is 1. The molecule has 0 aliphatic carbocycles. The molecule has 5 aromatic rings. The van der Waals surface area contributed by atoms with Gasteiger partial charge in [0.1, 0.15) is 11.3 Å². The average Bonchev–Trinajstić information content (AvgIpc) is 3.21. The van der Waals surface area contributed by atoms with E-state index in [-0.39, 0.29) is 10.7 Å². The molecule has 4 aromatic heterocycles. The van der Waals surface area contributed by atoms with Crippen molar-refractivity contribution in [1.29, 1.82) is 0 Å². The summed E-state index contributed by atoms with van der Waals surface area (Å²) in [5, 5.41) is 1.34. The molecule has 148 valence electrons. The van der Waals surface area contributed by atoms with Crippen LogP contribution in [0.3, 0.4) is 0 Å². The fourth-order valence-corrected chi connectivity index (χ4v) is 4.19. The zero-order valence-corrected chi connectivity index (χ0v) is 17.3. The van der Waals surface area contributed by atoms with E-state index < -0.39 is 0 Å². The van der Waals surface area contributed by atoms with Gasteiger partial charge in [-0.15, -0.1) is 0 Å². The maximum Gasteiger partial charge on any atom is 0.266 e. The van der Waals surface area contributed by atoms with Gasteiger partial charge in [-0.3, -0.25) is 9.36 Å². The third-order valence-corrected chi connectivity index (χ3v) is 5.79. The van der Waals surface area contributed by atoms with Crippen LogP contribution in [0.5, 0.6) is 0 Å². The molecule has 0 spiro atoms. The molecule has 0 fully saturated rings. The maximum absolute atomic E-state index is 13.5. The van der Waals surface area contributed by atoms with Crippen LogP contribution in [-0.4, -0.2) is 34.5 Å². The summed E-state index contributed by atoms with van der Waals surface area (Å²) in [6.45, 7) is 1.89. The number of fused-ring (bicyclic) bond motifs is 2. The molecule has 0 amide bonds. The van der Waals surface area contributed by atoms with Crippen LogP contribution in [0.15, 0.2) is 59.0 Å². The molecule has 0 aliphatic heterocycles. The molecule has 0 aliphatic rings. The summed E-state index contributed by atoms with van der Waals surface area (Å²) in [4.78, 5) is 38.2. The fraction of sp³-hybridized carbons (Fsp3) is 0.100. The van der Waals surface area contributed by atoms with Gasteiger partial charge in [0.15, 0.2) is 16.0 Å². The predicted molar refractivity (Wildman–Crippen MR) is 116 cm³/mol. The van der Waals surface area contributed by atoms with Crippen molar-refractivity contribution in [3.63, 3.8) is 0 Å². The van der Waals surface area contributed by atoms with Gasteiger partial charge >= 0.3 is 0 Å². The largest absolute Gasteiger partial charge is 0.329 e. The molecule has 10 heteroatoms. The minimum absolute atomic E-state index is 0.187. The Labute approximate surface area is 179 Å². The highest BCUT2D eigenvalue weighted by molar-refractivity contribution is 7.98. The highest BCUT2D eigenvalue weighted by atomic mass is 35.5. The van der Waals surface area contributed by atoms with E-state index in [0.29, 0.717) is 44.5 Å². The first-order chi connectivity index (χ1) is 14.6. The highest BCUT2D eigenvalue weighted by Crippen LogP contribution is 2.24. The summed E-state index contributed by atoms with van der Waals surface area (Å²) in [6.07, 6.45) is 4.81. The lowest BCUT2D eigenvalue weighted by molar-refractivity contribution is 0.874. The van der Waals surface area contributed by atoms with E-state index in [2.05, 4.69) is 24.9 Å². The highest BCUT2D eigenvalue weighted by Gasteiger charge is 2.17. The Balaban J connectivity index is 1.65. The number of thioether (sulfide) groups is 1. The van der Waals surface area contributed by atoms with Crippen LogP contribution in [0.4, 0.5) is 0 Å². The zero-order chi connectivity index (χ0) is 20.7. The molecule has 0 bridgehead atoms. The standard InChI is InChI=1S/C20H14ClN7OS/c1-11-4-2-5-12-16(11)19(29)28(14-6-3-7-22-17(14)21)15(26-12)9-30-20-23-8-13-18(27-20)25-10-24-13/h2-8,10H,9H2,1H3,(H,23,24,25,27). The number of hydrogen-bond acceptors (Lipinski definition) is 7. The Bertz CT molecular complexity index is 1460. The van der Waals surface area contributed by atoms with Crippen LogP contribution in [-0.2, 0) is 5.75 Å². The van der Waals surface area contributed by atoms with Gasteiger partial charge in [0.25, 0.3) is 5.56 Å². The Hall–Kier alpha value is -3.30. The van der Waals surface area contributed by atoms with Gasteiger partial charge in [-0.2, -0.15) is 0 Å². The third-order valence-electron chi connectivity index (χ3n) is 4.64. The van der Waals surface area contributed by atoms with Crippen LogP contribution >= 0.6 is 23.4 Å². The van der Waals surface area contributed by atoms with E-state index in [1.807, 2.05) is 25.1 Å². The second kappa shape index (κ2) is 7.51. The monoisotopic (exact) mass is 435 g/mol. The van der Waals surface area contributed by atoms with Crippen molar-refractivity contribution >= 4 is 45.4 Å². The first-order valence-electron chi connectivity index (χ1n) is 9.03. The van der Waals surface area contributed by atoms with Gasteiger partial charge in [-0.25, -0.2) is 24.9 Å². The number of pyridine rings is 1. The minimum atomic E-state index is -0.187. The summed E-state index contributed by atoms with van der Waals surface area (Å²) in [5.74, 6) is 0.899. The van der Waals surface area contributed by atoms with Crippen molar-refractivity contribution in [2.24, 2.45) is 0 Å². The van der Waals surface area contributed by atoms with E-state index >= 15 is 0 Å². The number of H-pyrrole nitrogens is 1. The molecule has 1 aromatic carbocycles. The molecule has 30 heavy (non-hydrogen) atoms. The summed E-state index contributed by atoms with van der Waals surface area (Å²) in [5.41, 5.74) is 3.14. The van der Waals surface area contributed by atoms with Crippen LogP contribution in [0.1, 0.15) is 11.4 Å². The van der Waals surface area contributed by atoms with Gasteiger partial charge in [0.2, 0.25) is 0 Å². The molecule has 8 nitrogen and oxygen atoms in total. The number of aromatic amines is 1. The molecule has 0 unspecified atom stereocenters. The number of aromatic nitrogens is 7. The second-order valence-corrected chi connectivity index (χ2v) is 7.83. The van der Waals surface area contributed by atoms with Crippen molar-refractivity contribution in [3.05, 3.63) is 75.9 Å². The molecule has 0 saturated heterocycles. The Morgan fingerprint density at radius 3 is 2.87 bits per heavy atom. The van der Waals surface area contributed by atoms with Crippen molar-refractivity contribution < 1.29 is 0 Å². The fourth-order valence-electron chi connectivity index (χ4n) is 3.25. The molecular formula is C20H14ClN7OS. The van der Waals surface area contributed by atoms with Crippen LogP contribution < -0.4 is 5.56 Å². The molecule has 0 radical (unpaired) electrons. The van der Waals surface area contributed by atoms with Crippen LogP contribution in [0, 0.1) is 6.92 Å². The van der Waals surface area contributed by atoms with Crippen LogP contribution in [0.2, 0.25) is 5.15 Å². The lowest BCUT2D eigenvalue weighted by Crippen LogP contribution is -2.24. The lowest BCUT2D eigenvalue weighted by Gasteiger charge is -2.14. The van der Waals surface area contributed by atoms with Gasteiger partial charge in [-0.1, -0.05) is 35.5 Å². The number of halogens is 1. The van der Waals surface area contributed by atoms with E-state index in [1.165, 1.54) is 16.3 Å². The molecule has 1 N–H and O–H groups in total. The van der Waals surface area contributed by atoms with Gasteiger partial charge < -0.3 is 4.98 Å². The normalized spacial score (nSPS) is 11.4. The first-order valence-corrected chi connectivity index (χ1v) is 10.4. The van der Waals surface area contributed by atoms with E-state index in [4.69, 9.17) is 16.6 Å². The molecule has 4 heterocycles. The predicted octanol–water partition coefficient (Wildman–Crippen LogP) is 3.70. The van der Waals surface area contributed by atoms with Gasteiger partial charge in [0, 0.05) is 6.20 Å². The van der Waals surface area contributed by atoms with Gasteiger partial charge in [0.05, 0.1) is 34.9 Å². The number of nitrogens with zero attached hydrogens (tertiary/aromatic N) is 6. The second-order valence-electron chi connectivity index (χ2n) is 6.53. The van der Waals surface area contributed by atoms with Crippen molar-refractivity contribution in [1.82, 2.24) is 34.5 Å². The van der Waals surface area contributed by atoms with Crippen LogP contribution in [0.25, 0.3) is 27.8 Å². The number of imidazole rings is 1. The number of nitrogens with one attached hydrogen (secondary N) is 1. The first kappa shape index (κ1) is 18.7. The van der Waals surface area contributed by atoms with Crippen molar-refractivity contribution in [2.45, 2.75) is 17.8 Å². The zero-order valence-electron chi connectivity index (χ0n) is 15.7. The summed E-state index contributed by atoms with van der Waals surface area (Å²) in [7, 11) is 0. The summed E-state index contributed by atoms with van der Waals surface area (Å²) >= 11 is 7.69. The molecule has 5 rings (SSSR count). The number of aryl methyl sites for hydroxylation is 1. The molecular weight excluding hydrogens is 422 g/mol. The van der Waals surface area contributed by atoms with Crippen molar-refractivity contribution in [2.75, 3.05) is 0 Å². The van der Waals surface area contributed by atoms with E-state index in [1.54, 1.807) is 30.9 Å².